The molecule has 0 aliphatic heterocycles. The number of hydrogen-bond donors (Lipinski definition) is 1. The van der Waals surface area contributed by atoms with Gasteiger partial charge in [-0.1, -0.05) is 6.07 Å². The Balaban J connectivity index is 2.60. The van der Waals surface area contributed by atoms with Crippen molar-refractivity contribution in [1.82, 2.24) is 9.78 Å². The van der Waals surface area contributed by atoms with Gasteiger partial charge in [-0.2, -0.15) is 5.10 Å². The molecule has 0 unspecified atom stereocenters. The van der Waals surface area contributed by atoms with Crippen molar-refractivity contribution >= 4 is 27.4 Å². The number of aromatic nitrogens is 2. The zero-order valence-electron chi connectivity index (χ0n) is 10.9. The van der Waals surface area contributed by atoms with Gasteiger partial charge in [0.15, 0.2) is 9.84 Å². The van der Waals surface area contributed by atoms with Crippen molar-refractivity contribution in [3.63, 3.8) is 0 Å². The molecule has 0 spiro atoms. The van der Waals surface area contributed by atoms with E-state index in [-0.39, 0.29) is 0 Å². The molecule has 2 aromatic rings. The highest BCUT2D eigenvalue weighted by Gasteiger charge is 2.15. The molecular weight excluding hydrogens is 282 g/mol. The maximum atomic E-state index is 11.7. The van der Waals surface area contributed by atoms with Crippen LogP contribution in [0, 0.1) is 0 Å². The number of nitrogens with two attached hydrogens (primary N) is 1. The third-order valence-corrected chi connectivity index (χ3v) is 4.92. The third-order valence-electron chi connectivity index (χ3n) is 2.86. The predicted octanol–water partition coefficient (Wildman–Crippen LogP) is 1.79. The zero-order valence-corrected chi connectivity index (χ0v) is 12.5. The molecule has 7 heteroatoms. The Bertz CT molecular complexity index is 721. The molecule has 0 radical (unpaired) electrons. The molecule has 0 saturated heterocycles. The van der Waals surface area contributed by atoms with Gasteiger partial charge >= 0.3 is 0 Å². The summed E-state index contributed by atoms with van der Waals surface area (Å²) in [5.41, 5.74) is 7.59. The summed E-state index contributed by atoms with van der Waals surface area (Å²) in [5.74, 6) is 0.555. The molecular formula is C12H15N3O2S2. The van der Waals surface area contributed by atoms with Crippen LogP contribution in [0.5, 0.6) is 0 Å². The van der Waals surface area contributed by atoms with Gasteiger partial charge in [0.2, 0.25) is 0 Å². The van der Waals surface area contributed by atoms with Crippen LogP contribution in [0.1, 0.15) is 0 Å². The van der Waals surface area contributed by atoms with Crippen molar-refractivity contribution in [1.29, 1.82) is 0 Å². The second kappa shape index (κ2) is 4.90. The lowest BCUT2D eigenvalue weighted by atomic mass is 10.1. The smallest absolute Gasteiger partial charge is 0.176 e. The lowest BCUT2D eigenvalue weighted by molar-refractivity contribution is 0.600. The molecule has 102 valence electrons. The summed E-state index contributed by atoms with van der Waals surface area (Å²) < 4.78 is 24.9. The van der Waals surface area contributed by atoms with Crippen LogP contribution in [0.2, 0.25) is 0 Å². The summed E-state index contributed by atoms with van der Waals surface area (Å²) in [6, 6.07) is 5.20. The maximum absolute atomic E-state index is 11.7. The van der Waals surface area contributed by atoms with Crippen LogP contribution in [0.15, 0.2) is 34.2 Å². The van der Waals surface area contributed by atoms with Crippen LogP contribution >= 0.6 is 11.8 Å². The molecule has 5 nitrogen and oxygen atoms in total. The van der Waals surface area contributed by atoms with Gasteiger partial charge in [0.05, 0.1) is 11.1 Å². The van der Waals surface area contributed by atoms with E-state index in [4.69, 9.17) is 5.73 Å². The van der Waals surface area contributed by atoms with Gasteiger partial charge in [-0.15, -0.1) is 11.8 Å². The van der Waals surface area contributed by atoms with E-state index in [1.54, 1.807) is 30.1 Å². The number of anilines is 1. The fraction of sp³-hybridized carbons (Fsp3) is 0.250. The van der Waals surface area contributed by atoms with Crippen LogP contribution in [-0.4, -0.2) is 30.7 Å². The van der Waals surface area contributed by atoms with Crippen molar-refractivity contribution < 1.29 is 8.42 Å². The van der Waals surface area contributed by atoms with E-state index in [1.807, 2.05) is 12.3 Å². The van der Waals surface area contributed by atoms with Crippen LogP contribution in [0.3, 0.4) is 0 Å². The first kappa shape index (κ1) is 14.0. The molecule has 19 heavy (non-hydrogen) atoms. The van der Waals surface area contributed by atoms with E-state index in [2.05, 4.69) is 5.10 Å². The second-order valence-corrected chi connectivity index (χ2v) is 7.04. The Morgan fingerprint density at radius 3 is 2.53 bits per heavy atom. The second-order valence-electron chi connectivity index (χ2n) is 4.20. The number of thioether (sulfide) groups is 1. The molecule has 0 amide bonds. The van der Waals surface area contributed by atoms with Crippen molar-refractivity contribution in [3.8, 4) is 11.1 Å². The highest BCUT2D eigenvalue weighted by molar-refractivity contribution is 7.99. The fourth-order valence-electron chi connectivity index (χ4n) is 1.81. The Morgan fingerprint density at radius 2 is 2.05 bits per heavy atom. The number of nitrogen functional groups attached to an aromatic ring is 1. The minimum Gasteiger partial charge on any atom is -0.383 e. The first-order valence-electron chi connectivity index (χ1n) is 5.50. The monoisotopic (exact) mass is 297 g/mol. The standard InChI is InChI=1S/C12H15N3O2S2/c1-15-12(13)9(7-14-15)8-4-5-11(19(3,16)17)10(6-8)18-2/h4-7H,13H2,1-3H3. The number of sulfone groups is 1. The largest absolute Gasteiger partial charge is 0.383 e. The molecule has 1 heterocycles. The highest BCUT2D eigenvalue weighted by Crippen LogP contribution is 2.32. The van der Waals surface area contributed by atoms with Gasteiger partial charge in [0.25, 0.3) is 0 Å². The number of aryl methyl sites for hydroxylation is 1. The Hall–Kier alpha value is -1.47. The van der Waals surface area contributed by atoms with Gasteiger partial charge in [0.1, 0.15) is 5.82 Å². The quantitative estimate of drug-likeness (QED) is 0.874. The Labute approximate surface area is 116 Å². The zero-order chi connectivity index (χ0) is 14.2. The Kier molecular flexibility index (Phi) is 3.60. The van der Waals surface area contributed by atoms with E-state index in [0.29, 0.717) is 15.6 Å². The minimum absolute atomic E-state index is 0.339. The van der Waals surface area contributed by atoms with E-state index in [1.165, 1.54) is 18.0 Å². The molecule has 1 aromatic heterocycles. The average Bonchev–Trinajstić information content (AvgIpc) is 2.68. The highest BCUT2D eigenvalue weighted by atomic mass is 32.2. The van der Waals surface area contributed by atoms with Gasteiger partial charge in [0, 0.05) is 23.8 Å². The van der Waals surface area contributed by atoms with Crippen LogP contribution in [-0.2, 0) is 16.9 Å². The average molecular weight is 297 g/mol. The molecule has 2 N–H and O–H groups in total. The summed E-state index contributed by atoms with van der Waals surface area (Å²) in [7, 11) is -1.46. The van der Waals surface area contributed by atoms with Crippen molar-refractivity contribution in [2.24, 2.45) is 7.05 Å². The third kappa shape index (κ3) is 2.62. The molecule has 0 aliphatic rings. The molecule has 2 rings (SSSR count). The number of hydrogen-bond acceptors (Lipinski definition) is 5. The van der Waals surface area contributed by atoms with E-state index >= 15 is 0 Å². The van der Waals surface area contributed by atoms with E-state index < -0.39 is 9.84 Å². The summed E-state index contributed by atoms with van der Waals surface area (Å²) in [4.78, 5) is 1.05. The molecule has 1 aromatic carbocycles. The van der Waals surface area contributed by atoms with Crippen molar-refractivity contribution in [2.75, 3.05) is 18.2 Å². The number of nitrogens with zero attached hydrogens (tertiary/aromatic N) is 2. The van der Waals surface area contributed by atoms with Gasteiger partial charge in [-0.25, -0.2) is 8.42 Å². The summed E-state index contributed by atoms with van der Waals surface area (Å²) in [6.07, 6.45) is 4.73. The maximum Gasteiger partial charge on any atom is 0.176 e. The summed E-state index contributed by atoms with van der Waals surface area (Å²) >= 11 is 1.40. The fourth-order valence-corrected chi connectivity index (χ4v) is 3.77. The van der Waals surface area contributed by atoms with Crippen molar-refractivity contribution in [2.45, 2.75) is 9.79 Å². The molecule has 0 aliphatic carbocycles. The van der Waals surface area contributed by atoms with Crippen LogP contribution in [0.25, 0.3) is 11.1 Å². The van der Waals surface area contributed by atoms with Crippen molar-refractivity contribution in [3.05, 3.63) is 24.4 Å². The Morgan fingerprint density at radius 1 is 1.37 bits per heavy atom. The van der Waals surface area contributed by atoms with Gasteiger partial charge in [-0.3, -0.25) is 4.68 Å². The molecule has 0 bridgehead atoms. The lowest BCUT2D eigenvalue weighted by Gasteiger charge is -2.08. The summed E-state index contributed by atoms with van der Waals surface area (Å²) in [5, 5.41) is 4.09. The van der Waals surface area contributed by atoms with Crippen LogP contribution < -0.4 is 5.73 Å². The summed E-state index contributed by atoms with van der Waals surface area (Å²) in [6.45, 7) is 0. The SMILES string of the molecule is CSc1cc(-c2cnn(C)c2N)ccc1S(C)(=O)=O. The predicted molar refractivity (Wildman–Crippen MR) is 77.9 cm³/mol. The number of benzene rings is 1. The molecule has 0 atom stereocenters. The van der Waals surface area contributed by atoms with Crippen LogP contribution in [0.4, 0.5) is 5.82 Å². The minimum atomic E-state index is -3.22. The van der Waals surface area contributed by atoms with Gasteiger partial charge < -0.3 is 5.73 Å². The van der Waals surface area contributed by atoms with E-state index in [9.17, 15) is 8.42 Å². The van der Waals surface area contributed by atoms with Gasteiger partial charge in [-0.05, 0) is 24.0 Å². The molecule has 0 fully saturated rings. The number of rotatable bonds is 3. The molecule has 0 saturated carbocycles. The first-order valence-corrected chi connectivity index (χ1v) is 8.62. The first-order chi connectivity index (χ1) is 8.84. The normalized spacial score (nSPS) is 11.7. The topological polar surface area (TPSA) is 78.0 Å². The lowest BCUT2D eigenvalue weighted by Crippen LogP contribution is -2.00. The van der Waals surface area contributed by atoms with E-state index in [0.717, 1.165) is 11.1 Å².